The molecule has 6 nitrogen and oxygen atoms in total. The molecular weight excluding hydrogens is 398 g/mol. The van der Waals surface area contributed by atoms with E-state index in [0.717, 1.165) is 11.4 Å². The summed E-state index contributed by atoms with van der Waals surface area (Å²) >= 11 is 7.34. The highest BCUT2D eigenvalue weighted by molar-refractivity contribution is 7.99. The van der Waals surface area contributed by atoms with Crippen molar-refractivity contribution in [1.29, 1.82) is 0 Å². The Kier molecular flexibility index (Phi) is 5.54. The minimum Gasteiger partial charge on any atom is -0.486 e. The molecule has 0 saturated carbocycles. The Bertz CT molecular complexity index is 1000. The van der Waals surface area contributed by atoms with Crippen LogP contribution in [0.1, 0.15) is 17.3 Å². The average Bonchev–Trinajstić information content (AvgIpc) is 3.15. The number of aromatic nitrogens is 3. The third-order valence-corrected chi connectivity index (χ3v) is 5.55. The molecule has 0 bridgehead atoms. The van der Waals surface area contributed by atoms with Gasteiger partial charge in [-0.2, -0.15) is 0 Å². The number of Topliss-reactive ketones (excluding diaryl/α,β-unsaturated/α-hetero) is 1. The van der Waals surface area contributed by atoms with E-state index in [2.05, 4.69) is 10.2 Å². The monoisotopic (exact) mass is 415 g/mol. The molecule has 0 fully saturated rings. The van der Waals surface area contributed by atoms with E-state index in [0.29, 0.717) is 47.0 Å². The quantitative estimate of drug-likeness (QED) is 0.440. The van der Waals surface area contributed by atoms with Crippen molar-refractivity contribution in [3.8, 4) is 22.9 Å². The maximum atomic E-state index is 12.6. The molecule has 144 valence electrons. The second kappa shape index (κ2) is 8.24. The number of fused-ring (bicyclic) bond motifs is 1. The average molecular weight is 416 g/mol. The number of halogens is 1. The van der Waals surface area contributed by atoms with Gasteiger partial charge in [-0.05, 0) is 49.4 Å². The lowest BCUT2D eigenvalue weighted by Crippen LogP contribution is -2.16. The summed E-state index contributed by atoms with van der Waals surface area (Å²) in [6.07, 6.45) is 0. The zero-order valence-corrected chi connectivity index (χ0v) is 16.8. The highest BCUT2D eigenvalue weighted by atomic mass is 35.5. The van der Waals surface area contributed by atoms with Gasteiger partial charge in [0.15, 0.2) is 28.3 Å². The molecule has 3 aromatic rings. The van der Waals surface area contributed by atoms with Gasteiger partial charge in [0.25, 0.3) is 0 Å². The third-order valence-electron chi connectivity index (χ3n) is 4.33. The number of rotatable bonds is 6. The normalized spacial score (nSPS) is 12.8. The Hall–Kier alpha value is -2.51. The van der Waals surface area contributed by atoms with Gasteiger partial charge in [-0.3, -0.25) is 4.79 Å². The van der Waals surface area contributed by atoms with Gasteiger partial charge in [0, 0.05) is 22.7 Å². The summed E-state index contributed by atoms with van der Waals surface area (Å²) in [5.74, 6) is 2.31. The number of nitrogens with zero attached hydrogens (tertiary/aromatic N) is 3. The fourth-order valence-electron chi connectivity index (χ4n) is 2.92. The lowest BCUT2D eigenvalue weighted by atomic mass is 10.1. The second-order valence-electron chi connectivity index (χ2n) is 6.13. The van der Waals surface area contributed by atoms with Crippen molar-refractivity contribution in [3.63, 3.8) is 0 Å². The summed E-state index contributed by atoms with van der Waals surface area (Å²) in [4.78, 5) is 12.6. The van der Waals surface area contributed by atoms with E-state index in [1.54, 1.807) is 18.2 Å². The van der Waals surface area contributed by atoms with Crippen molar-refractivity contribution in [1.82, 2.24) is 14.8 Å². The first-order valence-electron chi connectivity index (χ1n) is 8.90. The molecule has 0 radical (unpaired) electrons. The van der Waals surface area contributed by atoms with Crippen molar-refractivity contribution < 1.29 is 14.3 Å². The SMILES string of the molecule is CCn1c(SCC(=O)c2ccc3c(c2)OCCO3)nnc1-c1ccc(Cl)cc1. The Morgan fingerprint density at radius 2 is 1.86 bits per heavy atom. The van der Waals surface area contributed by atoms with E-state index >= 15 is 0 Å². The minimum atomic E-state index is 0.000620. The van der Waals surface area contributed by atoms with Crippen molar-refractivity contribution in [2.24, 2.45) is 0 Å². The van der Waals surface area contributed by atoms with Gasteiger partial charge in [0.1, 0.15) is 13.2 Å². The maximum Gasteiger partial charge on any atom is 0.191 e. The maximum absolute atomic E-state index is 12.6. The largest absolute Gasteiger partial charge is 0.486 e. The van der Waals surface area contributed by atoms with Gasteiger partial charge in [0.2, 0.25) is 0 Å². The predicted molar refractivity (Wildman–Crippen MR) is 109 cm³/mol. The highest BCUT2D eigenvalue weighted by Gasteiger charge is 2.18. The van der Waals surface area contributed by atoms with E-state index < -0.39 is 0 Å². The minimum absolute atomic E-state index is 0.000620. The summed E-state index contributed by atoms with van der Waals surface area (Å²) in [5.41, 5.74) is 1.53. The molecule has 2 heterocycles. The van der Waals surface area contributed by atoms with Crippen LogP contribution in [-0.2, 0) is 6.54 Å². The van der Waals surface area contributed by atoms with Gasteiger partial charge in [0.05, 0.1) is 5.75 Å². The smallest absolute Gasteiger partial charge is 0.191 e. The summed E-state index contributed by atoms with van der Waals surface area (Å²) < 4.78 is 13.0. The molecule has 28 heavy (non-hydrogen) atoms. The van der Waals surface area contributed by atoms with Crippen molar-refractivity contribution >= 4 is 29.1 Å². The first kappa shape index (κ1) is 18.8. The zero-order chi connectivity index (χ0) is 19.5. The molecule has 0 spiro atoms. The Morgan fingerprint density at radius 3 is 2.61 bits per heavy atom. The van der Waals surface area contributed by atoms with Crippen LogP contribution in [0.3, 0.4) is 0 Å². The fourth-order valence-corrected chi connectivity index (χ4v) is 3.95. The molecule has 8 heteroatoms. The highest BCUT2D eigenvalue weighted by Crippen LogP contribution is 2.31. The summed E-state index contributed by atoms with van der Waals surface area (Å²) in [6.45, 7) is 3.74. The molecule has 4 rings (SSSR count). The number of ether oxygens (including phenoxy) is 2. The van der Waals surface area contributed by atoms with Crippen LogP contribution in [0.15, 0.2) is 47.6 Å². The first-order chi connectivity index (χ1) is 13.7. The van der Waals surface area contributed by atoms with Crippen LogP contribution in [0.4, 0.5) is 0 Å². The third kappa shape index (κ3) is 3.86. The zero-order valence-electron chi connectivity index (χ0n) is 15.2. The fraction of sp³-hybridized carbons (Fsp3) is 0.250. The van der Waals surface area contributed by atoms with Crippen LogP contribution >= 0.6 is 23.4 Å². The van der Waals surface area contributed by atoms with E-state index in [1.807, 2.05) is 35.8 Å². The van der Waals surface area contributed by atoms with Crippen molar-refractivity contribution in [3.05, 3.63) is 53.1 Å². The molecule has 0 aliphatic carbocycles. The number of benzene rings is 2. The topological polar surface area (TPSA) is 66.2 Å². The van der Waals surface area contributed by atoms with Gasteiger partial charge in [-0.15, -0.1) is 10.2 Å². The van der Waals surface area contributed by atoms with Gasteiger partial charge < -0.3 is 14.0 Å². The van der Waals surface area contributed by atoms with E-state index in [1.165, 1.54) is 11.8 Å². The van der Waals surface area contributed by atoms with Crippen molar-refractivity contribution in [2.75, 3.05) is 19.0 Å². The lowest BCUT2D eigenvalue weighted by Gasteiger charge is -2.18. The summed E-state index contributed by atoms with van der Waals surface area (Å²) in [7, 11) is 0. The van der Waals surface area contributed by atoms with Crippen LogP contribution < -0.4 is 9.47 Å². The number of carbonyl (C=O) groups excluding carboxylic acids is 1. The Balaban J connectivity index is 1.49. The van der Waals surface area contributed by atoms with Crippen molar-refractivity contribution in [2.45, 2.75) is 18.6 Å². The number of carbonyl (C=O) groups is 1. The van der Waals surface area contributed by atoms with E-state index in [4.69, 9.17) is 21.1 Å². The predicted octanol–water partition coefficient (Wildman–Crippen LogP) is 4.36. The molecule has 1 aliphatic heterocycles. The van der Waals surface area contributed by atoms with Crippen LogP contribution in [0.25, 0.3) is 11.4 Å². The molecule has 2 aromatic carbocycles. The number of hydrogen-bond donors (Lipinski definition) is 0. The molecule has 1 aromatic heterocycles. The second-order valence-corrected chi connectivity index (χ2v) is 7.51. The Morgan fingerprint density at radius 1 is 1.11 bits per heavy atom. The summed E-state index contributed by atoms with van der Waals surface area (Å²) in [6, 6.07) is 12.7. The molecular formula is C20H18ClN3O3S. The van der Waals surface area contributed by atoms with E-state index in [9.17, 15) is 4.79 Å². The van der Waals surface area contributed by atoms with Crippen LogP contribution in [0, 0.1) is 0 Å². The van der Waals surface area contributed by atoms with Gasteiger partial charge in [-0.1, -0.05) is 23.4 Å². The molecule has 0 unspecified atom stereocenters. The van der Waals surface area contributed by atoms with Gasteiger partial charge in [-0.25, -0.2) is 0 Å². The standard InChI is InChI=1S/C20H18ClN3O3S/c1-2-24-19(13-3-6-15(21)7-4-13)22-23-20(24)28-12-16(25)14-5-8-17-18(11-14)27-10-9-26-17/h3-8,11H,2,9-10,12H2,1H3. The number of hydrogen-bond acceptors (Lipinski definition) is 6. The number of thioether (sulfide) groups is 1. The molecule has 0 atom stereocenters. The van der Waals surface area contributed by atoms with Crippen LogP contribution in [0.2, 0.25) is 5.02 Å². The van der Waals surface area contributed by atoms with Crippen LogP contribution in [-0.4, -0.2) is 39.5 Å². The first-order valence-corrected chi connectivity index (χ1v) is 10.3. The Labute approximate surface area is 171 Å². The molecule has 0 amide bonds. The van der Waals surface area contributed by atoms with E-state index in [-0.39, 0.29) is 11.5 Å². The number of ketones is 1. The molecule has 1 aliphatic rings. The van der Waals surface area contributed by atoms with Crippen LogP contribution in [0.5, 0.6) is 11.5 Å². The van der Waals surface area contributed by atoms with Gasteiger partial charge >= 0.3 is 0 Å². The lowest BCUT2D eigenvalue weighted by molar-refractivity contribution is 0.102. The molecule has 0 N–H and O–H groups in total. The molecule has 0 saturated heterocycles. The summed E-state index contributed by atoms with van der Waals surface area (Å²) in [5, 5.41) is 9.94.